The molecule has 0 aromatic heterocycles. The highest BCUT2D eigenvalue weighted by molar-refractivity contribution is 6.03. The van der Waals surface area contributed by atoms with Gasteiger partial charge in [-0.25, -0.2) is 0 Å². The minimum atomic E-state index is -0.257. The predicted octanol–water partition coefficient (Wildman–Crippen LogP) is 4.15. The number of rotatable bonds is 7. The molecule has 0 aliphatic carbocycles. The molecule has 0 aliphatic rings. The number of benzene rings is 3. The molecule has 0 atom stereocenters. The van der Waals surface area contributed by atoms with Gasteiger partial charge < -0.3 is 20.3 Å². The van der Waals surface area contributed by atoms with Crippen molar-refractivity contribution in [2.45, 2.75) is 0 Å². The number of anilines is 3. The summed E-state index contributed by atoms with van der Waals surface area (Å²) in [5.74, 6) is 0.251. The number of hydrogen-bond acceptors (Lipinski definition) is 4. The first-order valence-electron chi connectivity index (χ1n) is 9.17. The van der Waals surface area contributed by atoms with Gasteiger partial charge in [-0.2, -0.15) is 0 Å². The number of nitrogens with one attached hydrogen (secondary N) is 2. The molecule has 6 nitrogen and oxygen atoms in total. The van der Waals surface area contributed by atoms with Gasteiger partial charge in [-0.15, -0.1) is 0 Å². The quantitative estimate of drug-likeness (QED) is 0.637. The molecule has 0 heterocycles. The fourth-order valence-electron chi connectivity index (χ4n) is 2.82. The number of ether oxygens (including phenoxy) is 1. The summed E-state index contributed by atoms with van der Waals surface area (Å²) in [7, 11) is 3.22. The van der Waals surface area contributed by atoms with Crippen LogP contribution in [-0.4, -0.2) is 37.4 Å². The van der Waals surface area contributed by atoms with E-state index in [1.54, 1.807) is 38.4 Å². The zero-order valence-electron chi connectivity index (χ0n) is 16.4. The molecule has 0 saturated heterocycles. The lowest BCUT2D eigenvalue weighted by atomic mass is 10.1. The van der Waals surface area contributed by atoms with Crippen molar-refractivity contribution in [2.75, 3.05) is 31.3 Å². The van der Waals surface area contributed by atoms with Crippen molar-refractivity contribution in [3.63, 3.8) is 0 Å². The molecule has 3 aromatic carbocycles. The fraction of sp³-hybridized carbons (Fsp3) is 0.130. The first-order chi connectivity index (χ1) is 14.1. The maximum atomic E-state index is 12.9. The van der Waals surface area contributed by atoms with Crippen molar-refractivity contribution in [1.82, 2.24) is 4.90 Å². The monoisotopic (exact) mass is 389 g/mol. The summed E-state index contributed by atoms with van der Waals surface area (Å²) < 4.78 is 5.17. The fourth-order valence-corrected chi connectivity index (χ4v) is 2.82. The minimum absolute atomic E-state index is 0.0510. The van der Waals surface area contributed by atoms with Gasteiger partial charge in [0.1, 0.15) is 5.75 Å². The zero-order valence-corrected chi connectivity index (χ0v) is 16.4. The average Bonchev–Trinajstić information content (AvgIpc) is 2.75. The molecular weight excluding hydrogens is 366 g/mol. The summed E-state index contributed by atoms with van der Waals surface area (Å²) in [6.45, 7) is -0.0510. The molecule has 0 aliphatic heterocycles. The second-order valence-corrected chi connectivity index (χ2v) is 6.47. The standard InChI is InChI=1S/C23H23N3O3/c1-26(16-22(27)25-17-8-4-3-5-9-17)23(28)20-10-6-7-11-21(20)24-18-12-14-19(29-2)15-13-18/h3-15,24H,16H2,1-2H3,(H,25,27). The van der Waals surface area contributed by atoms with Crippen LogP contribution in [0, 0.1) is 0 Å². The summed E-state index contributed by atoms with van der Waals surface area (Å²) in [5.41, 5.74) is 2.67. The highest BCUT2D eigenvalue weighted by atomic mass is 16.5. The molecule has 0 fully saturated rings. The molecule has 148 valence electrons. The SMILES string of the molecule is COc1ccc(Nc2ccccc2C(=O)N(C)CC(=O)Nc2ccccc2)cc1. The van der Waals surface area contributed by atoms with Crippen LogP contribution in [0.1, 0.15) is 10.4 Å². The van der Waals surface area contributed by atoms with Gasteiger partial charge in [0.05, 0.1) is 24.9 Å². The van der Waals surface area contributed by atoms with Crippen molar-refractivity contribution >= 4 is 28.9 Å². The number of para-hydroxylation sites is 2. The van der Waals surface area contributed by atoms with Crippen molar-refractivity contribution in [1.29, 1.82) is 0 Å². The van der Waals surface area contributed by atoms with E-state index in [4.69, 9.17) is 4.74 Å². The lowest BCUT2D eigenvalue weighted by molar-refractivity contribution is -0.116. The molecular formula is C23H23N3O3. The molecule has 3 aromatic rings. The maximum absolute atomic E-state index is 12.9. The molecule has 3 rings (SSSR count). The van der Waals surface area contributed by atoms with Crippen LogP contribution in [0.2, 0.25) is 0 Å². The van der Waals surface area contributed by atoms with Crippen molar-refractivity contribution in [3.05, 3.63) is 84.4 Å². The molecule has 2 amide bonds. The Morgan fingerprint density at radius 3 is 2.21 bits per heavy atom. The summed E-state index contributed by atoms with van der Waals surface area (Å²) >= 11 is 0. The topological polar surface area (TPSA) is 70.7 Å². The number of carbonyl (C=O) groups is 2. The maximum Gasteiger partial charge on any atom is 0.256 e. The van der Waals surface area contributed by atoms with Gasteiger partial charge in [0.15, 0.2) is 0 Å². The molecule has 0 spiro atoms. The van der Waals surface area contributed by atoms with Crippen molar-refractivity contribution in [3.8, 4) is 5.75 Å². The molecule has 0 saturated carbocycles. The summed E-state index contributed by atoms with van der Waals surface area (Å²) in [6, 6.07) is 23.8. The van der Waals surface area contributed by atoms with Gasteiger partial charge in [0.25, 0.3) is 5.91 Å². The second-order valence-electron chi connectivity index (χ2n) is 6.47. The van der Waals surface area contributed by atoms with Gasteiger partial charge in [-0.05, 0) is 48.5 Å². The zero-order chi connectivity index (χ0) is 20.6. The molecule has 6 heteroatoms. The Labute approximate surface area is 170 Å². The third kappa shape index (κ3) is 5.35. The van der Waals surface area contributed by atoms with Gasteiger partial charge in [0.2, 0.25) is 5.91 Å². The van der Waals surface area contributed by atoms with Gasteiger partial charge >= 0.3 is 0 Å². The van der Waals surface area contributed by atoms with E-state index in [0.717, 1.165) is 11.4 Å². The number of hydrogen-bond donors (Lipinski definition) is 2. The Kier molecular flexibility index (Phi) is 6.47. The highest BCUT2D eigenvalue weighted by Gasteiger charge is 2.18. The number of methoxy groups -OCH3 is 1. The number of amides is 2. The lowest BCUT2D eigenvalue weighted by Gasteiger charge is -2.19. The lowest BCUT2D eigenvalue weighted by Crippen LogP contribution is -2.35. The third-order valence-corrected chi connectivity index (χ3v) is 4.31. The highest BCUT2D eigenvalue weighted by Crippen LogP contribution is 2.23. The normalized spacial score (nSPS) is 10.1. The Morgan fingerprint density at radius 2 is 1.52 bits per heavy atom. The van der Waals surface area contributed by atoms with Crippen LogP contribution >= 0.6 is 0 Å². The minimum Gasteiger partial charge on any atom is -0.497 e. The third-order valence-electron chi connectivity index (χ3n) is 4.31. The number of likely N-dealkylation sites (N-methyl/N-ethyl adjacent to an activating group) is 1. The van der Waals surface area contributed by atoms with E-state index in [9.17, 15) is 9.59 Å². The van der Waals surface area contributed by atoms with Crippen LogP contribution < -0.4 is 15.4 Å². The summed E-state index contributed by atoms with van der Waals surface area (Å²) in [5, 5.41) is 6.03. The van der Waals surface area contributed by atoms with E-state index < -0.39 is 0 Å². The Balaban J connectivity index is 1.68. The van der Waals surface area contributed by atoms with Crippen LogP contribution in [0.15, 0.2) is 78.9 Å². The van der Waals surface area contributed by atoms with Crippen LogP contribution in [0.3, 0.4) is 0 Å². The van der Waals surface area contributed by atoms with Crippen LogP contribution in [-0.2, 0) is 4.79 Å². The predicted molar refractivity (Wildman–Crippen MR) is 115 cm³/mol. The van der Waals surface area contributed by atoms with Crippen LogP contribution in [0.5, 0.6) is 5.75 Å². The van der Waals surface area contributed by atoms with E-state index >= 15 is 0 Å². The Morgan fingerprint density at radius 1 is 0.862 bits per heavy atom. The summed E-state index contributed by atoms with van der Waals surface area (Å²) in [4.78, 5) is 26.6. The van der Waals surface area contributed by atoms with Crippen molar-refractivity contribution < 1.29 is 14.3 Å². The van der Waals surface area contributed by atoms with Gasteiger partial charge in [-0.3, -0.25) is 9.59 Å². The molecule has 2 N–H and O–H groups in total. The van der Waals surface area contributed by atoms with Crippen molar-refractivity contribution in [2.24, 2.45) is 0 Å². The largest absolute Gasteiger partial charge is 0.497 e. The van der Waals surface area contributed by atoms with E-state index in [1.807, 2.05) is 54.6 Å². The second kappa shape index (κ2) is 9.41. The van der Waals surface area contributed by atoms with E-state index in [-0.39, 0.29) is 18.4 Å². The molecule has 0 radical (unpaired) electrons. The van der Waals surface area contributed by atoms with E-state index in [2.05, 4.69) is 10.6 Å². The average molecular weight is 389 g/mol. The first kappa shape index (κ1) is 19.9. The molecule has 29 heavy (non-hydrogen) atoms. The smallest absolute Gasteiger partial charge is 0.256 e. The molecule has 0 unspecified atom stereocenters. The molecule has 0 bridgehead atoms. The Bertz CT molecular complexity index is 972. The Hall–Kier alpha value is -3.80. The van der Waals surface area contributed by atoms with Crippen LogP contribution in [0.4, 0.5) is 17.1 Å². The first-order valence-corrected chi connectivity index (χ1v) is 9.17. The van der Waals surface area contributed by atoms with Crippen LogP contribution in [0.25, 0.3) is 0 Å². The van der Waals surface area contributed by atoms with E-state index in [1.165, 1.54) is 4.90 Å². The van der Waals surface area contributed by atoms with E-state index in [0.29, 0.717) is 16.9 Å². The van der Waals surface area contributed by atoms with Gasteiger partial charge in [-0.1, -0.05) is 30.3 Å². The van der Waals surface area contributed by atoms with Gasteiger partial charge in [0, 0.05) is 18.4 Å². The summed E-state index contributed by atoms with van der Waals surface area (Å²) in [6.07, 6.45) is 0. The number of carbonyl (C=O) groups excluding carboxylic acids is 2. The number of nitrogens with zero attached hydrogens (tertiary/aromatic N) is 1.